The van der Waals surface area contributed by atoms with Gasteiger partial charge in [-0.1, -0.05) is 12.8 Å². The molecule has 1 heterocycles. The van der Waals surface area contributed by atoms with Gasteiger partial charge < -0.3 is 10.1 Å². The average Bonchev–Trinajstić information content (AvgIpc) is 2.73. The summed E-state index contributed by atoms with van der Waals surface area (Å²) in [7, 11) is 0. The SMILES string of the molecule is O=C(OC[C@@H]1CCCCCN1)c1ccc([N+](=O)[O-])cc1. The van der Waals surface area contributed by atoms with Crippen LogP contribution in [0.1, 0.15) is 36.0 Å². The molecule has 2 rings (SSSR count). The van der Waals surface area contributed by atoms with Gasteiger partial charge in [0.1, 0.15) is 6.61 Å². The molecule has 6 nitrogen and oxygen atoms in total. The van der Waals surface area contributed by atoms with Crippen molar-refractivity contribution >= 4 is 11.7 Å². The van der Waals surface area contributed by atoms with Crippen molar-refractivity contribution in [2.45, 2.75) is 31.7 Å². The summed E-state index contributed by atoms with van der Waals surface area (Å²) in [6.45, 7) is 1.30. The van der Waals surface area contributed by atoms with E-state index in [1.807, 2.05) is 0 Å². The number of hydrogen-bond acceptors (Lipinski definition) is 5. The van der Waals surface area contributed by atoms with Crippen LogP contribution in [0.5, 0.6) is 0 Å². The van der Waals surface area contributed by atoms with E-state index in [4.69, 9.17) is 4.74 Å². The lowest BCUT2D eigenvalue weighted by atomic mass is 10.1. The molecule has 0 saturated carbocycles. The van der Waals surface area contributed by atoms with E-state index in [-0.39, 0.29) is 11.7 Å². The largest absolute Gasteiger partial charge is 0.460 e. The van der Waals surface area contributed by atoms with E-state index < -0.39 is 10.9 Å². The van der Waals surface area contributed by atoms with Crippen molar-refractivity contribution < 1.29 is 14.5 Å². The van der Waals surface area contributed by atoms with Gasteiger partial charge in [0.15, 0.2) is 0 Å². The fourth-order valence-corrected chi connectivity index (χ4v) is 2.22. The van der Waals surface area contributed by atoms with Crippen molar-refractivity contribution in [2.24, 2.45) is 0 Å². The molecular weight excluding hydrogens is 260 g/mol. The summed E-state index contributed by atoms with van der Waals surface area (Å²) < 4.78 is 5.25. The lowest BCUT2D eigenvalue weighted by Gasteiger charge is -2.15. The Morgan fingerprint density at radius 1 is 1.30 bits per heavy atom. The van der Waals surface area contributed by atoms with Crippen LogP contribution in [-0.4, -0.2) is 30.1 Å². The highest BCUT2D eigenvalue weighted by Gasteiger charge is 2.15. The Bertz CT molecular complexity index is 465. The zero-order chi connectivity index (χ0) is 14.4. The second kappa shape index (κ2) is 7.00. The molecule has 0 aromatic heterocycles. The van der Waals surface area contributed by atoms with Gasteiger partial charge in [0.2, 0.25) is 0 Å². The Labute approximate surface area is 117 Å². The molecule has 0 spiro atoms. The predicted octanol–water partition coefficient (Wildman–Crippen LogP) is 2.28. The molecule has 1 aromatic rings. The third-order valence-corrected chi connectivity index (χ3v) is 3.39. The molecule has 1 aliphatic heterocycles. The van der Waals surface area contributed by atoms with Crippen LogP contribution < -0.4 is 5.32 Å². The number of nitrogens with one attached hydrogen (secondary N) is 1. The first-order chi connectivity index (χ1) is 9.66. The fourth-order valence-electron chi connectivity index (χ4n) is 2.22. The van der Waals surface area contributed by atoms with Crippen LogP contribution in [0.15, 0.2) is 24.3 Å². The highest BCUT2D eigenvalue weighted by atomic mass is 16.6. The molecule has 1 N–H and O–H groups in total. The first kappa shape index (κ1) is 14.5. The van der Waals surface area contributed by atoms with Crippen LogP contribution in [0.4, 0.5) is 5.69 Å². The number of nitrogens with zero attached hydrogens (tertiary/aromatic N) is 1. The van der Waals surface area contributed by atoms with E-state index in [0.717, 1.165) is 25.8 Å². The van der Waals surface area contributed by atoms with Crippen molar-refractivity contribution in [3.63, 3.8) is 0 Å². The molecule has 0 amide bonds. The van der Waals surface area contributed by atoms with Gasteiger partial charge in [-0.3, -0.25) is 10.1 Å². The van der Waals surface area contributed by atoms with Crippen molar-refractivity contribution in [3.8, 4) is 0 Å². The number of carbonyl (C=O) groups is 1. The highest BCUT2D eigenvalue weighted by molar-refractivity contribution is 5.89. The Hall–Kier alpha value is -1.95. The maximum atomic E-state index is 11.8. The summed E-state index contributed by atoms with van der Waals surface area (Å²) in [6, 6.07) is 5.66. The van der Waals surface area contributed by atoms with Gasteiger partial charge in [-0.05, 0) is 31.5 Å². The normalized spacial score (nSPS) is 19.1. The number of hydrogen-bond donors (Lipinski definition) is 1. The Balaban J connectivity index is 1.86. The molecule has 20 heavy (non-hydrogen) atoms. The van der Waals surface area contributed by atoms with Gasteiger partial charge >= 0.3 is 5.97 Å². The van der Waals surface area contributed by atoms with Gasteiger partial charge in [-0.15, -0.1) is 0 Å². The minimum atomic E-state index is -0.495. The molecule has 0 aliphatic carbocycles. The van der Waals surface area contributed by atoms with Crippen molar-refractivity contribution in [3.05, 3.63) is 39.9 Å². The highest BCUT2D eigenvalue weighted by Crippen LogP contribution is 2.13. The average molecular weight is 278 g/mol. The van der Waals surface area contributed by atoms with E-state index >= 15 is 0 Å². The number of carbonyl (C=O) groups excluding carboxylic acids is 1. The number of benzene rings is 1. The lowest BCUT2D eigenvalue weighted by Crippen LogP contribution is -2.33. The maximum absolute atomic E-state index is 11.8. The first-order valence-corrected chi connectivity index (χ1v) is 6.82. The lowest BCUT2D eigenvalue weighted by molar-refractivity contribution is -0.384. The summed E-state index contributed by atoms with van der Waals surface area (Å²) in [5, 5.41) is 13.9. The van der Waals surface area contributed by atoms with Gasteiger partial charge in [0.25, 0.3) is 5.69 Å². The molecule has 1 fully saturated rings. The second-order valence-electron chi connectivity index (χ2n) is 4.90. The molecule has 0 radical (unpaired) electrons. The zero-order valence-corrected chi connectivity index (χ0v) is 11.2. The van der Waals surface area contributed by atoms with E-state index in [2.05, 4.69) is 5.32 Å². The number of nitro groups is 1. The summed E-state index contributed by atoms with van der Waals surface area (Å²) in [5.74, 6) is -0.439. The standard InChI is InChI=1S/C14H18N2O4/c17-14(11-5-7-13(8-6-11)16(18)19)20-10-12-4-2-1-3-9-15-12/h5-8,12,15H,1-4,9-10H2/t12-/m0/s1. The summed E-state index contributed by atoms with van der Waals surface area (Å²) >= 11 is 0. The van der Waals surface area contributed by atoms with Crippen molar-refractivity contribution in [2.75, 3.05) is 13.2 Å². The summed E-state index contributed by atoms with van der Waals surface area (Å²) in [5.41, 5.74) is 0.302. The molecular formula is C14H18N2O4. The Morgan fingerprint density at radius 2 is 2.05 bits per heavy atom. The van der Waals surface area contributed by atoms with E-state index in [1.54, 1.807) is 0 Å². The van der Waals surface area contributed by atoms with Crippen LogP contribution in [0.25, 0.3) is 0 Å². The zero-order valence-electron chi connectivity index (χ0n) is 11.2. The van der Waals surface area contributed by atoms with Crippen LogP contribution in [0.3, 0.4) is 0 Å². The van der Waals surface area contributed by atoms with E-state index in [1.165, 1.54) is 30.7 Å². The third-order valence-electron chi connectivity index (χ3n) is 3.39. The maximum Gasteiger partial charge on any atom is 0.338 e. The number of nitro benzene ring substituents is 1. The second-order valence-corrected chi connectivity index (χ2v) is 4.90. The Kier molecular flexibility index (Phi) is 5.06. The molecule has 6 heteroatoms. The number of non-ortho nitro benzene ring substituents is 1. The van der Waals surface area contributed by atoms with Gasteiger partial charge in [-0.2, -0.15) is 0 Å². The van der Waals surface area contributed by atoms with Gasteiger partial charge in [-0.25, -0.2) is 4.79 Å². The first-order valence-electron chi connectivity index (χ1n) is 6.82. The third kappa shape index (κ3) is 4.03. The number of ether oxygens (including phenoxy) is 1. The molecule has 108 valence electrons. The van der Waals surface area contributed by atoms with E-state index in [9.17, 15) is 14.9 Å². The summed E-state index contributed by atoms with van der Waals surface area (Å²) in [6.07, 6.45) is 4.52. The quantitative estimate of drug-likeness (QED) is 0.519. The summed E-state index contributed by atoms with van der Waals surface area (Å²) in [4.78, 5) is 21.9. The topological polar surface area (TPSA) is 81.5 Å². The van der Waals surface area contributed by atoms with Crippen molar-refractivity contribution in [1.29, 1.82) is 0 Å². The molecule has 0 unspecified atom stereocenters. The predicted molar refractivity (Wildman–Crippen MR) is 73.6 cm³/mol. The molecule has 0 bridgehead atoms. The number of rotatable bonds is 4. The number of esters is 1. The molecule has 1 aromatic carbocycles. The fraction of sp³-hybridized carbons (Fsp3) is 0.500. The molecule has 1 saturated heterocycles. The molecule has 1 atom stereocenters. The molecule has 1 aliphatic rings. The van der Waals surface area contributed by atoms with Crippen LogP contribution >= 0.6 is 0 Å². The van der Waals surface area contributed by atoms with E-state index in [0.29, 0.717) is 12.2 Å². The van der Waals surface area contributed by atoms with Crippen molar-refractivity contribution in [1.82, 2.24) is 5.32 Å². The van der Waals surface area contributed by atoms with Gasteiger partial charge in [0.05, 0.1) is 10.5 Å². The smallest absolute Gasteiger partial charge is 0.338 e. The minimum Gasteiger partial charge on any atom is -0.460 e. The Morgan fingerprint density at radius 3 is 2.75 bits per heavy atom. The monoisotopic (exact) mass is 278 g/mol. The van der Waals surface area contributed by atoms with Crippen LogP contribution in [0.2, 0.25) is 0 Å². The van der Waals surface area contributed by atoms with Crippen LogP contribution in [0, 0.1) is 10.1 Å². The van der Waals surface area contributed by atoms with Gasteiger partial charge in [0, 0.05) is 18.2 Å². The minimum absolute atomic E-state index is 0.0352. The van der Waals surface area contributed by atoms with Crippen LogP contribution in [-0.2, 0) is 4.74 Å².